The molecule has 0 unspecified atom stereocenters. The van der Waals surface area contributed by atoms with E-state index < -0.39 is 0 Å². The summed E-state index contributed by atoms with van der Waals surface area (Å²) in [7, 11) is 0. The topological polar surface area (TPSA) is 17.1 Å². The maximum Gasteiger partial charge on any atom is 0.145 e. The zero-order valence-corrected chi connectivity index (χ0v) is 10.7. The maximum atomic E-state index is 11.4. The number of rotatable bonds is 4. The molecule has 76 valence electrons. The molecular formula is C11H13BrOS. The fourth-order valence-corrected chi connectivity index (χ4v) is 2.52. The van der Waals surface area contributed by atoms with Crippen molar-refractivity contribution in [1.82, 2.24) is 0 Å². The summed E-state index contributed by atoms with van der Waals surface area (Å²) in [6, 6.07) is 7.95. The van der Waals surface area contributed by atoms with E-state index in [0.29, 0.717) is 11.5 Å². The van der Waals surface area contributed by atoms with Crippen molar-refractivity contribution < 1.29 is 4.79 Å². The Labute approximate surface area is 97.4 Å². The molecule has 3 heteroatoms. The van der Waals surface area contributed by atoms with Gasteiger partial charge in [-0.25, -0.2) is 0 Å². The van der Waals surface area contributed by atoms with Crippen LogP contribution in [0.4, 0.5) is 0 Å². The van der Waals surface area contributed by atoms with Crippen LogP contribution in [-0.4, -0.2) is 11.5 Å². The molecule has 0 aliphatic heterocycles. The third-order valence-electron chi connectivity index (χ3n) is 1.85. The minimum Gasteiger partial charge on any atom is -0.298 e. The van der Waals surface area contributed by atoms with E-state index in [0.717, 1.165) is 9.37 Å². The Morgan fingerprint density at radius 1 is 1.43 bits per heavy atom. The van der Waals surface area contributed by atoms with Gasteiger partial charge in [-0.05, 0) is 28.1 Å². The van der Waals surface area contributed by atoms with Gasteiger partial charge in [0.05, 0.1) is 5.75 Å². The molecule has 0 spiro atoms. The van der Waals surface area contributed by atoms with E-state index in [1.165, 1.54) is 0 Å². The molecule has 14 heavy (non-hydrogen) atoms. The van der Waals surface area contributed by atoms with E-state index in [1.54, 1.807) is 11.8 Å². The highest BCUT2D eigenvalue weighted by Crippen LogP contribution is 2.27. The van der Waals surface area contributed by atoms with Crippen LogP contribution in [0.1, 0.15) is 13.8 Å². The van der Waals surface area contributed by atoms with Gasteiger partial charge in [-0.3, -0.25) is 4.79 Å². The number of thioether (sulfide) groups is 1. The number of hydrogen-bond acceptors (Lipinski definition) is 2. The molecule has 0 N–H and O–H groups in total. The summed E-state index contributed by atoms with van der Waals surface area (Å²) in [4.78, 5) is 12.5. The molecule has 0 heterocycles. The minimum atomic E-state index is 0.130. The third kappa shape index (κ3) is 3.46. The first-order chi connectivity index (χ1) is 6.61. The van der Waals surface area contributed by atoms with Crippen molar-refractivity contribution in [3.05, 3.63) is 28.7 Å². The van der Waals surface area contributed by atoms with E-state index in [4.69, 9.17) is 0 Å². The number of hydrogen-bond donors (Lipinski definition) is 0. The van der Waals surface area contributed by atoms with Gasteiger partial charge in [-0.1, -0.05) is 26.0 Å². The summed E-state index contributed by atoms with van der Waals surface area (Å²) in [6.45, 7) is 3.87. The van der Waals surface area contributed by atoms with Crippen molar-refractivity contribution in [2.75, 3.05) is 5.75 Å². The van der Waals surface area contributed by atoms with Gasteiger partial charge >= 0.3 is 0 Å². The summed E-state index contributed by atoms with van der Waals surface area (Å²) in [5.41, 5.74) is 0. The van der Waals surface area contributed by atoms with Crippen LogP contribution in [0.25, 0.3) is 0 Å². The van der Waals surface area contributed by atoms with E-state index in [1.807, 2.05) is 38.1 Å². The first kappa shape index (κ1) is 11.8. The molecule has 0 amide bonds. The number of benzene rings is 1. The zero-order chi connectivity index (χ0) is 10.6. The van der Waals surface area contributed by atoms with E-state index in [9.17, 15) is 4.79 Å². The summed E-state index contributed by atoms with van der Waals surface area (Å²) in [5.74, 6) is 0.982. The zero-order valence-electron chi connectivity index (χ0n) is 8.29. The van der Waals surface area contributed by atoms with Gasteiger partial charge in [-0.15, -0.1) is 11.8 Å². The second kappa shape index (κ2) is 5.56. The van der Waals surface area contributed by atoms with Gasteiger partial charge in [0.15, 0.2) is 0 Å². The molecule has 0 radical (unpaired) electrons. The van der Waals surface area contributed by atoms with E-state index in [2.05, 4.69) is 15.9 Å². The van der Waals surface area contributed by atoms with Gasteiger partial charge in [0.25, 0.3) is 0 Å². The highest BCUT2D eigenvalue weighted by atomic mass is 79.9. The van der Waals surface area contributed by atoms with Crippen LogP contribution in [-0.2, 0) is 4.79 Å². The monoisotopic (exact) mass is 272 g/mol. The fraction of sp³-hybridized carbons (Fsp3) is 0.364. The smallest absolute Gasteiger partial charge is 0.145 e. The van der Waals surface area contributed by atoms with Crippen LogP contribution in [0.15, 0.2) is 33.6 Å². The predicted octanol–water partition coefficient (Wildman–Crippen LogP) is 3.77. The average Bonchev–Trinajstić information content (AvgIpc) is 2.16. The number of carbonyl (C=O) groups excluding carboxylic acids is 1. The third-order valence-corrected chi connectivity index (χ3v) is 3.90. The highest BCUT2D eigenvalue weighted by molar-refractivity contribution is 9.10. The Morgan fingerprint density at radius 3 is 2.64 bits per heavy atom. The molecule has 0 fully saturated rings. The molecule has 0 atom stereocenters. The lowest BCUT2D eigenvalue weighted by atomic mass is 10.1. The van der Waals surface area contributed by atoms with Crippen molar-refractivity contribution in [2.45, 2.75) is 18.7 Å². The summed E-state index contributed by atoms with van der Waals surface area (Å²) >= 11 is 5.04. The molecule has 1 aromatic carbocycles. The fourth-order valence-electron chi connectivity index (χ4n) is 0.877. The molecule has 0 aromatic heterocycles. The van der Waals surface area contributed by atoms with Gasteiger partial charge in [0, 0.05) is 15.3 Å². The number of halogens is 1. The lowest BCUT2D eigenvalue weighted by Gasteiger charge is -2.05. The first-order valence-corrected chi connectivity index (χ1v) is 6.29. The molecular weight excluding hydrogens is 260 g/mol. The molecule has 0 saturated heterocycles. The van der Waals surface area contributed by atoms with Gasteiger partial charge in [0.1, 0.15) is 5.78 Å². The van der Waals surface area contributed by atoms with Crippen LogP contribution in [0.5, 0.6) is 0 Å². The molecule has 1 nitrogen and oxygen atoms in total. The molecule has 0 aliphatic rings. The van der Waals surface area contributed by atoms with Crippen LogP contribution >= 0.6 is 27.7 Å². The van der Waals surface area contributed by atoms with Crippen molar-refractivity contribution in [1.29, 1.82) is 0 Å². The van der Waals surface area contributed by atoms with E-state index in [-0.39, 0.29) is 5.92 Å². The van der Waals surface area contributed by atoms with Crippen molar-refractivity contribution in [2.24, 2.45) is 5.92 Å². The number of ketones is 1. The second-order valence-electron chi connectivity index (χ2n) is 3.34. The Balaban J connectivity index is 2.54. The lowest BCUT2D eigenvalue weighted by molar-refractivity contribution is -0.119. The van der Waals surface area contributed by atoms with Crippen molar-refractivity contribution in [3.63, 3.8) is 0 Å². The van der Waals surface area contributed by atoms with Gasteiger partial charge in [0.2, 0.25) is 0 Å². The van der Waals surface area contributed by atoms with Crippen molar-refractivity contribution in [3.8, 4) is 0 Å². The van der Waals surface area contributed by atoms with Crippen LogP contribution in [0, 0.1) is 5.92 Å². The van der Waals surface area contributed by atoms with Crippen molar-refractivity contribution >= 4 is 33.5 Å². The quantitative estimate of drug-likeness (QED) is 0.777. The largest absolute Gasteiger partial charge is 0.298 e. The SMILES string of the molecule is CC(C)C(=O)CSc1ccccc1Br. The first-order valence-electron chi connectivity index (χ1n) is 4.51. The Bertz CT molecular complexity index is 323. The van der Waals surface area contributed by atoms with E-state index >= 15 is 0 Å². The standard InChI is InChI=1S/C11H13BrOS/c1-8(2)10(13)7-14-11-6-4-3-5-9(11)12/h3-6,8H,7H2,1-2H3. The second-order valence-corrected chi connectivity index (χ2v) is 5.21. The maximum absolute atomic E-state index is 11.4. The van der Waals surface area contributed by atoms with Gasteiger partial charge < -0.3 is 0 Å². The summed E-state index contributed by atoms with van der Waals surface area (Å²) < 4.78 is 1.06. The summed E-state index contributed by atoms with van der Waals surface area (Å²) in [5, 5.41) is 0. The Hall–Kier alpha value is -0.280. The predicted molar refractivity (Wildman–Crippen MR) is 64.7 cm³/mol. The molecule has 1 aromatic rings. The minimum absolute atomic E-state index is 0.130. The molecule has 0 aliphatic carbocycles. The molecule has 0 bridgehead atoms. The lowest BCUT2D eigenvalue weighted by Crippen LogP contribution is -2.09. The average molecular weight is 273 g/mol. The Morgan fingerprint density at radius 2 is 2.07 bits per heavy atom. The van der Waals surface area contributed by atoms with Crippen LogP contribution in [0.2, 0.25) is 0 Å². The molecule has 0 saturated carbocycles. The number of carbonyl (C=O) groups is 1. The van der Waals surface area contributed by atoms with Gasteiger partial charge in [-0.2, -0.15) is 0 Å². The van der Waals surface area contributed by atoms with Crippen LogP contribution in [0.3, 0.4) is 0 Å². The normalized spacial score (nSPS) is 10.6. The molecule has 1 rings (SSSR count). The summed E-state index contributed by atoms with van der Waals surface area (Å²) in [6.07, 6.45) is 0. The highest BCUT2D eigenvalue weighted by Gasteiger charge is 2.08. The Kier molecular flexibility index (Phi) is 4.69. The number of Topliss-reactive ketones (excluding diaryl/α,β-unsaturated/α-hetero) is 1. The van der Waals surface area contributed by atoms with Crippen LogP contribution < -0.4 is 0 Å².